The number of anilines is 1. The van der Waals surface area contributed by atoms with Crippen molar-refractivity contribution in [2.45, 2.75) is 20.0 Å². The van der Waals surface area contributed by atoms with E-state index in [0.29, 0.717) is 5.56 Å². The fourth-order valence-corrected chi connectivity index (χ4v) is 3.70. The van der Waals surface area contributed by atoms with E-state index in [1.807, 2.05) is 36.1 Å². The molecule has 0 N–H and O–H groups in total. The summed E-state index contributed by atoms with van der Waals surface area (Å²) in [6, 6.07) is 13.7. The Balaban J connectivity index is 0.00000280. The van der Waals surface area contributed by atoms with Crippen molar-refractivity contribution >= 4 is 45.4 Å². The summed E-state index contributed by atoms with van der Waals surface area (Å²) in [5.74, 6) is 0.882. The Labute approximate surface area is 177 Å². The maximum Gasteiger partial charge on any atom is 0.387 e. The second-order valence-corrected chi connectivity index (χ2v) is 7.18. The minimum atomic E-state index is -2.88. The minimum absolute atomic E-state index is 0. The van der Waals surface area contributed by atoms with Crippen LogP contribution in [0.3, 0.4) is 0 Å². The van der Waals surface area contributed by atoms with Gasteiger partial charge in [0.2, 0.25) is 0 Å². The first kappa shape index (κ1) is 22.4. The number of Topliss-reactive ketones (excluding diaryl/α,β-unsaturated/α-hetero) is 1. The van der Waals surface area contributed by atoms with Crippen molar-refractivity contribution in [1.82, 2.24) is 0 Å². The van der Waals surface area contributed by atoms with Gasteiger partial charge >= 0.3 is 6.61 Å². The van der Waals surface area contributed by atoms with Crippen molar-refractivity contribution in [3.63, 3.8) is 0 Å². The van der Waals surface area contributed by atoms with E-state index in [2.05, 4.69) is 9.73 Å². The van der Waals surface area contributed by atoms with E-state index in [9.17, 15) is 13.6 Å². The summed E-state index contributed by atoms with van der Waals surface area (Å²) in [6.07, 6.45) is 1.02. The molecule has 0 radical (unpaired) electrons. The predicted molar refractivity (Wildman–Crippen MR) is 116 cm³/mol. The lowest BCUT2D eigenvalue weighted by atomic mass is 10.1. The van der Waals surface area contributed by atoms with E-state index in [1.54, 1.807) is 11.8 Å². The van der Waals surface area contributed by atoms with Gasteiger partial charge in [-0.2, -0.15) is 8.78 Å². The molecule has 0 aromatic heterocycles. The molecule has 1 heterocycles. The number of aryl methyl sites for hydroxylation is 1. The second kappa shape index (κ2) is 10.6. The van der Waals surface area contributed by atoms with Crippen LogP contribution in [0.4, 0.5) is 14.5 Å². The van der Waals surface area contributed by atoms with Crippen molar-refractivity contribution in [3.8, 4) is 5.75 Å². The standard InChI is InChI=1S/C20H20F2N2O2S.BrH/c1-14-4-2-5-16(12-14)24(20-23-10-3-11-27-20)13-18(25)15-6-8-17(9-7-15)26-19(21)22;/h2,4-9,12,19H,3,10-11,13H2,1H3;1H. The fraction of sp³-hybridized carbons (Fsp3) is 0.300. The molecule has 2 aromatic carbocycles. The molecule has 0 amide bonds. The molecule has 0 spiro atoms. The molecule has 0 unspecified atom stereocenters. The van der Waals surface area contributed by atoms with Gasteiger partial charge in [-0.05, 0) is 55.3 Å². The molecule has 2 aromatic rings. The van der Waals surface area contributed by atoms with Crippen LogP contribution in [0.15, 0.2) is 53.5 Å². The minimum Gasteiger partial charge on any atom is -0.435 e. The van der Waals surface area contributed by atoms with E-state index >= 15 is 0 Å². The van der Waals surface area contributed by atoms with Gasteiger partial charge in [0.1, 0.15) is 5.75 Å². The summed E-state index contributed by atoms with van der Waals surface area (Å²) in [7, 11) is 0. The van der Waals surface area contributed by atoms with Gasteiger partial charge in [0, 0.05) is 23.5 Å². The number of rotatable bonds is 6. The van der Waals surface area contributed by atoms with Crippen LogP contribution < -0.4 is 9.64 Å². The third-order valence-electron chi connectivity index (χ3n) is 4.03. The van der Waals surface area contributed by atoms with Crippen molar-refractivity contribution in [3.05, 3.63) is 59.7 Å². The Hall–Kier alpha value is -1.93. The quantitative estimate of drug-likeness (QED) is 0.533. The number of carbonyl (C=O) groups is 1. The molecule has 1 aliphatic heterocycles. The van der Waals surface area contributed by atoms with Crippen LogP contribution in [0.5, 0.6) is 5.75 Å². The first-order chi connectivity index (χ1) is 13.0. The van der Waals surface area contributed by atoms with Crippen LogP contribution in [0.25, 0.3) is 0 Å². The van der Waals surface area contributed by atoms with Gasteiger partial charge in [0.25, 0.3) is 0 Å². The van der Waals surface area contributed by atoms with Crippen molar-refractivity contribution in [2.24, 2.45) is 4.99 Å². The maximum absolute atomic E-state index is 12.8. The lowest BCUT2D eigenvalue weighted by Gasteiger charge is -2.27. The Morgan fingerprint density at radius 1 is 1.25 bits per heavy atom. The second-order valence-electron chi connectivity index (χ2n) is 6.12. The molecule has 3 rings (SSSR count). The number of halogens is 3. The van der Waals surface area contributed by atoms with Crippen LogP contribution >= 0.6 is 28.7 Å². The molecule has 0 saturated carbocycles. The van der Waals surface area contributed by atoms with Crippen LogP contribution in [0.1, 0.15) is 22.3 Å². The molecule has 0 saturated heterocycles. The van der Waals surface area contributed by atoms with Gasteiger partial charge in [-0.1, -0.05) is 23.9 Å². The third-order valence-corrected chi connectivity index (χ3v) is 5.13. The van der Waals surface area contributed by atoms with Crippen LogP contribution in [0.2, 0.25) is 0 Å². The molecule has 1 aliphatic rings. The summed E-state index contributed by atoms with van der Waals surface area (Å²) in [6.45, 7) is -0.00567. The third kappa shape index (κ3) is 6.04. The highest BCUT2D eigenvalue weighted by molar-refractivity contribution is 8.93. The lowest BCUT2D eigenvalue weighted by molar-refractivity contribution is -0.0498. The van der Waals surface area contributed by atoms with Crippen molar-refractivity contribution < 1.29 is 18.3 Å². The van der Waals surface area contributed by atoms with Crippen LogP contribution in [-0.4, -0.2) is 36.4 Å². The number of thioether (sulfide) groups is 1. The average Bonchev–Trinajstić information content (AvgIpc) is 2.66. The van der Waals surface area contributed by atoms with Crippen molar-refractivity contribution in [2.75, 3.05) is 23.7 Å². The summed E-state index contributed by atoms with van der Waals surface area (Å²) in [4.78, 5) is 19.3. The van der Waals surface area contributed by atoms with Gasteiger partial charge in [-0.25, -0.2) is 0 Å². The highest BCUT2D eigenvalue weighted by atomic mass is 79.9. The molecule has 0 atom stereocenters. The van der Waals surface area contributed by atoms with E-state index in [1.165, 1.54) is 24.3 Å². The number of aliphatic imine (C=N–C) groups is 1. The highest BCUT2D eigenvalue weighted by Gasteiger charge is 2.21. The van der Waals surface area contributed by atoms with Gasteiger partial charge in [0.15, 0.2) is 11.0 Å². The molecule has 0 fully saturated rings. The largest absolute Gasteiger partial charge is 0.435 e. The SMILES string of the molecule is Br.Cc1cccc(N(CC(=O)c2ccc(OC(F)F)cc2)C2=NCCCS2)c1. The molecule has 8 heteroatoms. The number of benzene rings is 2. The molecular weight excluding hydrogens is 450 g/mol. The van der Waals surface area contributed by atoms with E-state index in [0.717, 1.165) is 35.1 Å². The zero-order chi connectivity index (χ0) is 19.2. The first-order valence-corrected chi connectivity index (χ1v) is 9.61. The number of ketones is 1. The monoisotopic (exact) mass is 470 g/mol. The number of hydrogen-bond acceptors (Lipinski definition) is 5. The summed E-state index contributed by atoms with van der Waals surface area (Å²) < 4.78 is 28.9. The zero-order valence-electron chi connectivity index (χ0n) is 15.3. The van der Waals surface area contributed by atoms with Crippen LogP contribution in [0, 0.1) is 6.92 Å². The smallest absolute Gasteiger partial charge is 0.387 e. The van der Waals surface area contributed by atoms with E-state index in [4.69, 9.17) is 0 Å². The number of nitrogens with zero attached hydrogens (tertiary/aromatic N) is 2. The molecular formula is C20H21BrF2N2O2S. The number of hydrogen-bond donors (Lipinski definition) is 0. The fourth-order valence-electron chi connectivity index (χ4n) is 2.73. The zero-order valence-corrected chi connectivity index (χ0v) is 17.8. The molecule has 28 heavy (non-hydrogen) atoms. The lowest BCUT2D eigenvalue weighted by Crippen LogP contribution is -2.35. The number of ether oxygens (including phenoxy) is 1. The number of alkyl halides is 2. The predicted octanol–water partition coefficient (Wildman–Crippen LogP) is 5.36. The first-order valence-electron chi connectivity index (χ1n) is 8.62. The summed E-state index contributed by atoms with van der Waals surface area (Å²) >= 11 is 1.64. The van der Waals surface area contributed by atoms with Gasteiger partial charge < -0.3 is 9.64 Å². The highest BCUT2D eigenvalue weighted by Crippen LogP contribution is 2.24. The maximum atomic E-state index is 12.8. The molecule has 0 bridgehead atoms. The Kier molecular flexibility index (Phi) is 8.44. The normalized spacial score (nSPS) is 13.5. The van der Waals surface area contributed by atoms with E-state index in [-0.39, 0.29) is 35.1 Å². The van der Waals surface area contributed by atoms with Crippen molar-refractivity contribution in [1.29, 1.82) is 0 Å². The number of amidine groups is 1. The topological polar surface area (TPSA) is 41.9 Å². The molecule has 0 aliphatic carbocycles. The van der Waals surface area contributed by atoms with Gasteiger partial charge in [-0.3, -0.25) is 9.79 Å². The number of carbonyl (C=O) groups excluding carboxylic acids is 1. The van der Waals surface area contributed by atoms with Gasteiger partial charge in [0.05, 0.1) is 6.54 Å². The Morgan fingerprint density at radius 3 is 2.61 bits per heavy atom. The van der Waals surface area contributed by atoms with Gasteiger partial charge in [-0.15, -0.1) is 17.0 Å². The Bertz CT molecular complexity index is 831. The van der Waals surface area contributed by atoms with E-state index < -0.39 is 6.61 Å². The summed E-state index contributed by atoms with van der Waals surface area (Å²) in [5, 5.41) is 0.831. The average molecular weight is 471 g/mol. The molecule has 4 nitrogen and oxygen atoms in total. The summed E-state index contributed by atoms with van der Waals surface area (Å²) in [5.41, 5.74) is 2.45. The van der Waals surface area contributed by atoms with Crippen LogP contribution in [-0.2, 0) is 0 Å². The molecule has 150 valence electrons. The Morgan fingerprint density at radius 2 is 2.00 bits per heavy atom.